The lowest BCUT2D eigenvalue weighted by Crippen LogP contribution is -2.46. The van der Waals surface area contributed by atoms with Gasteiger partial charge in [0.1, 0.15) is 5.82 Å². The number of piperazine rings is 1. The van der Waals surface area contributed by atoms with Gasteiger partial charge >= 0.3 is 0 Å². The fourth-order valence-electron chi connectivity index (χ4n) is 2.96. The molecule has 0 unspecified atom stereocenters. The van der Waals surface area contributed by atoms with Gasteiger partial charge in [-0.05, 0) is 24.1 Å². The molecular formula is C18H22N4O. The lowest BCUT2D eigenvalue weighted by molar-refractivity contribution is -0.118. The van der Waals surface area contributed by atoms with Gasteiger partial charge in [-0.25, -0.2) is 4.98 Å². The maximum absolute atomic E-state index is 10.8. The summed E-state index contributed by atoms with van der Waals surface area (Å²) in [6, 6.07) is 14.0. The van der Waals surface area contributed by atoms with E-state index in [0.29, 0.717) is 0 Å². The van der Waals surface area contributed by atoms with Crippen LogP contribution in [0.4, 0.5) is 5.82 Å². The van der Waals surface area contributed by atoms with Crippen molar-refractivity contribution in [2.24, 2.45) is 5.73 Å². The molecule has 0 saturated carbocycles. The lowest BCUT2D eigenvalue weighted by Gasteiger charge is -2.33. The standard InChI is InChI=1S/C18H22N4O/c1-14-16(18(19)15-5-3-2-4-6-15)7-8-17(20-14)22-11-9-21(13-23)10-12-22/h2-8,13,18H,9-12,19H2,1H3/t18-/m0/s1. The number of rotatable bonds is 4. The Morgan fingerprint density at radius 1 is 1.09 bits per heavy atom. The van der Waals surface area contributed by atoms with Crippen molar-refractivity contribution in [3.8, 4) is 0 Å². The van der Waals surface area contributed by atoms with Gasteiger partial charge in [-0.1, -0.05) is 36.4 Å². The molecule has 1 amide bonds. The molecule has 1 saturated heterocycles. The van der Waals surface area contributed by atoms with Gasteiger partial charge in [0.15, 0.2) is 0 Å². The number of anilines is 1. The first-order valence-corrected chi connectivity index (χ1v) is 7.91. The van der Waals surface area contributed by atoms with Gasteiger partial charge in [-0.3, -0.25) is 4.79 Å². The number of hydrogen-bond donors (Lipinski definition) is 1. The number of benzene rings is 1. The zero-order chi connectivity index (χ0) is 16.2. The van der Waals surface area contributed by atoms with Gasteiger partial charge in [0, 0.05) is 31.9 Å². The minimum absolute atomic E-state index is 0.162. The van der Waals surface area contributed by atoms with Gasteiger partial charge in [-0.15, -0.1) is 0 Å². The van der Waals surface area contributed by atoms with Crippen molar-refractivity contribution in [1.29, 1.82) is 0 Å². The van der Waals surface area contributed by atoms with Crippen molar-refractivity contribution in [1.82, 2.24) is 9.88 Å². The van der Waals surface area contributed by atoms with E-state index in [9.17, 15) is 4.79 Å². The Hall–Kier alpha value is -2.40. The molecule has 1 aliphatic rings. The van der Waals surface area contributed by atoms with Crippen LogP contribution in [0.3, 0.4) is 0 Å². The summed E-state index contributed by atoms with van der Waals surface area (Å²) >= 11 is 0. The molecule has 3 rings (SSSR count). The van der Waals surface area contributed by atoms with Crippen LogP contribution in [0.2, 0.25) is 0 Å². The number of hydrogen-bond acceptors (Lipinski definition) is 4. The maximum Gasteiger partial charge on any atom is 0.209 e. The third-order valence-electron chi connectivity index (χ3n) is 4.39. The predicted octanol–water partition coefficient (Wildman–Crippen LogP) is 1.72. The number of aromatic nitrogens is 1. The molecule has 1 fully saturated rings. The second-order valence-corrected chi connectivity index (χ2v) is 5.86. The van der Waals surface area contributed by atoms with Gasteiger partial charge in [0.05, 0.1) is 6.04 Å². The van der Waals surface area contributed by atoms with Crippen LogP contribution >= 0.6 is 0 Å². The highest BCUT2D eigenvalue weighted by Gasteiger charge is 2.18. The molecule has 1 aromatic heterocycles. The van der Waals surface area contributed by atoms with Crippen molar-refractivity contribution in [2.75, 3.05) is 31.1 Å². The van der Waals surface area contributed by atoms with Crippen LogP contribution in [-0.2, 0) is 4.79 Å². The van der Waals surface area contributed by atoms with Crippen LogP contribution < -0.4 is 10.6 Å². The third-order valence-corrected chi connectivity index (χ3v) is 4.39. The zero-order valence-corrected chi connectivity index (χ0v) is 13.4. The Bertz CT molecular complexity index is 666. The number of carbonyl (C=O) groups excluding carboxylic acids is 1. The van der Waals surface area contributed by atoms with E-state index in [1.165, 1.54) is 0 Å². The summed E-state index contributed by atoms with van der Waals surface area (Å²) in [6.45, 7) is 5.12. The number of nitrogens with two attached hydrogens (primary N) is 1. The summed E-state index contributed by atoms with van der Waals surface area (Å²) in [5, 5.41) is 0. The number of amides is 1. The van der Waals surface area contributed by atoms with Crippen LogP contribution in [0.5, 0.6) is 0 Å². The molecular weight excluding hydrogens is 288 g/mol. The van der Waals surface area contributed by atoms with Crippen molar-refractivity contribution >= 4 is 12.2 Å². The average molecular weight is 310 g/mol. The van der Waals surface area contributed by atoms with Gasteiger partial charge in [-0.2, -0.15) is 0 Å². The number of aryl methyl sites for hydroxylation is 1. The molecule has 5 nitrogen and oxygen atoms in total. The quantitative estimate of drug-likeness (QED) is 0.874. The van der Waals surface area contributed by atoms with E-state index in [0.717, 1.165) is 55.2 Å². The molecule has 1 aliphatic heterocycles. The fourth-order valence-corrected chi connectivity index (χ4v) is 2.96. The Labute approximate surface area is 136 Å². The second kappa shape index (κ2) is 6.79. The first-order chi connectivity index (χ1) is 11.2. The molecule has 0 radical (unpaired) electrons. The van der Waals surface area contributed by atoms with Gasteiger partial charge in [0.2, 0.25) is 6.41 Å². The van der Waals surface area contributed by atoms with Crippen LogP contribution in [0.25, 0.3) is 0 Å². The first-order valence-electron chi connectivity index (χ1n) is 7.91. The highest BCUT2D eigenvalue weighted by molar-refractivity contribution is 5.50. The van der Waals surface area contributed by atoms with Crippen molar-refractivity contribution < 1.29 is 4.79 Å². The summed E-state index contributed by atoms with van der Waals surface area (Å²) in [5.41, 5.74) is 9.47. The summed E-state index contributed by atoms with van der Waals surface area (Å²) < 4.78 is 0. The Morgan fingerprint density at radius 3 is 2.39 bits per heavy atom. The van der Waals surface area contributed by atoms with Crippen LogP contribution in [0.1, 0.15) is 22.9 Å². The van der Waals surface area contributed by atoms with Crippen molar-refractivity contribution in [2.45, 2.75) is 13.0 Å². The number of pyridine rings is 1. The molecule has 120 valence electrons. The predicted molar refractivity (Wildman–Crippen MR) is 91.3 cm³/mol. The molecule has 2 N–H and O–H groups in total. The average Bonchev–Trinajstić information content (AvgIpc) is 2.62. The molecule has 23 heavy (non-hydrogen) atoms. The highest BCUT2D eigenvalue weighted by Crippen LogP contribution is 2.24. The van der Waals surface area contributed by atoms with E-state index in [4.69, 9.17) is 10.7 Å². The van der Waals surface area contributed by atoms with Crippen LogP contribution in [0, 0.1) is 6.92 Å². The summed E-state index contributed by atoms with van der Waals surface area (Å²) in [6.07, 6.45) is 0.915. The topological polar surface area (TPSA) is 62.5 Å². The van der Waals surface area contributed by atoms with Crippen molar-refractivity contribution in [3.05, 3.63) is 59.3 Å². The summed E-state index contributed by atoms with van der Waals surface area (Å²) in [7, 11) is 0. The summed E-state index contributed by atoms with van der Waals surface area (Å²) in [5.74, 6) is 0.956. The largest absolute Gasteiger partial charge is 0.353 e. The second-order valence-electron chi connectivity index (χ2n) is 5.86. The van der Waals surface area contributed by atoms with E-state index in [-0.39, 0.29) is 6.04 Å². The molecule has 1 atom stereocenters. The smallest absolute Gasteiger partial charge is 0.209 e. The first kappa shape index (κ1) is 15.5. The normalized spacial score (nSPS) is 16.3. The lowest BCUT2D eigenvalue weighted by atomic mass is 9.98. The fraction of sp³-hybridized carbons (Fsp3) is 0.333. The molecule has 0 spiro atoms. The van der Waals surface area contributed by atoms with E-state index >= 15 is 0 Å². The van der Waals surface area contributed by atoms with Crippen molar-refractivity contribution in [3.63, 3.8) is 0 Å². The molecule has 5 heteroatoms. The number of carbonyl (C=O) groups is 1. The van der Waals surface area contributed by atoms with Gasteiger partial charge < -0.3 is 15.5 Å². The molecule has 0 aliphatic carbocycles. The molecule has 2 heterocycles. The minimum Gasteiger partial charge on any atom is -0.353 e. The molecule has 2 aromatic rings. The number of nitrogens with zero attached hydrogens (tertiary/aromatic N) is 3. The van der Waals surface area contributed by atoms with Crippen LogP contribution in [0.15, 0.2) is 42.5 Å². The van der Waals surface area contributed by atoms with E-state index in [2.05, 4.69) is 11.0 Å². The maximum atomic E-state index is 10.8. The third kappa shape index (κ3) is 3.35. The summed E-state index contributed by atoms with van der Waals surface area (Å²) in [4.78, 5) is 19.5. The van der Waals surface area contributed by atoms with E-state index < -0.39 is 0 Å². The highest BCUT2D eigenvalue weighted by atomic mass is 16.1. The SMILES string of the molecule is Cc1nc(N2CCN(C=O)CC2)ccc1[C@@H](N)c1ccccc1. The monoisotopic (exact) mass is 310 g/mol. The minimum atomic E-state index is -0.162. The molecule has 1 aromatic carbocycles. The van der Waals surface area contributed by atoms with E-state index in [1.54, 1.807) is 4.90 Å². The molecule has 0 bridgehead atoms. The van der Waals surface area contributed by atoms with Gasteiger partial charge in [0.25, 0.3) is 0 Å². The Balaban J connectivity index is 1.77. The van der Waals surface area contributed by atoms with Crippen LogP contribution in [-0.4, -0.2) is 42.5 Å². The Kier molecular flexibility index (Phi) is 4.57. The Morgan fingerprint density at radius 2 is 1.78 bits per heavy atom. The zero-order valence-electron chi connectivity index (χ0n) is 13.4. The van der Waals surface area contributed by atoms with E-state index in [1.807, 2.05) is 43.3 Å².